The zero-order valence-electron chi connectivity index (χ0n) is 13.3. The maximum absolute atomic E-state index is 12.3. The van der Waals surface area contributed by atoms with E-state index in [0.29, 0.717) is 17.6 Å². The van der Waals surface area contributed by atoms with Gasteiger partial charge in [0.15, 0.2) is 0 Å². The molecule has 22 heavy (non-hydrogen) atoms. The van der Waals surface area contributed by atoms with E-state index in [1.54, 1.807) is 18.3 Å². The predicted octanol–water partition coefficient (Wildman–Crippen LogP) is 5.04. The first-order valence-electron chi connectivity index (χ1n) is 8.47. The van der Waals surface area contributed by atoms with Crippen LogP contribution < -0.4 is 0 Å². The molecule has 0 aliphatic heterocycles. The lowest BCUT2D eigenvalue weighted by Crippen LogP contribution is -2.35. The zero-order chi connectivity index (χ0) is 15.3. The molecule has 0 saturated heterocycles. The summed E-state index contributed by atoms with van der Waals surface area (Å²) in [6.07, 6.45) is 7.11. The number of Topliss-reactive ketones (excluding diaryl/α,β-unsaturated/α-hetero) is 1. The summed E-state index contributed by atoms with van der Waals surface area (Å²) in [6.45, 7) is 4.08. The van der Waals surface area contributed by atoms with Crippen LogP contribution in [0, 0.1) is 23.7 Å². The second kappa shape index (κ2) is 5.45. The highest BCUT2D eigenvalue weighted by Gasteiger charge is 2.44. The van der Waals surface area contributed by atoms with Gasteiger partial charge in [0, 0.05) is 17.5 Å². The molecule has 2 nitrogen and oxygen atoms in total. The number of ketones is 1. The van der Waals surface area contributed by atoms with E-state index in [4.69, 9.17) is 0 Å². The number of nitrogens with zero attached hydrogens (tertiary/aromatic N) is 1. The van der Waals surface area contributed by atoms with E-state index in [1.165, 1.54) is 36.6 Å². The van der Waals surface area contributed by atoms with Gasteiger partial charge in [0.2, 0.25) is 0 Å². The molecule has 0 bridgehead atoms. The van der Waals surface area contributed by atoms with Crippen molar-refractivity contribution in [3.63, 3.8) is 0 Å². The second-order valence-corrected chi connectivity index (χ2v) is 8.19. The molecule has 2 saturated carbocycles. The molecule has 2 heterocycles. The molecule has 2 aliphatic carbocycles. The summed E-state index contributed by atoms with van der Waals surface area (Å²) in [6, 6.07) is 4.20. The number of thiophene rings is 1. The van der Waals surface area contributed by atoms with Crippen molar-refractivity contribution in [2.24, 2.45) is 23.7 Å². The summed E-state index contributed by atoms with van der Waals surface area (Å²) in [4.78, 5) is 17.9. The van der Waals surface area contributed by atoms with Crippen molar-refractivity contribution in [3.05, 3.63) is 29.3 Å². The van der Waals surface area contributed by atoms with Crippen LogP contribution in [0.15, 0.2) is 23.7 Å². The summed E-state index contributed by atoms with van der Waals surface area (Å²) in [5, 5.41) is 3.53. The van der Waals surface area contributed by atoms with Crippen LogP contribution in [0.25, 0.3) is 10.2 Å². The van der Waals surface area contributed by atoms with Crippen LogP contribution in [0.4, 0.5) is 0 Å². The highest BCUT2D eigenvalue weighted by atomic mass is 32.1. The Morgan fingerprint density at radius 3 is 2.82 bits per heavy atom. The standard InChI is InChI=1S/C19H23NOS/c1-11-8-14(13-5-6-13)9-16(18(11)12(2)21)17-10-22-19-15(17)4-3-7-20-19/h3-4,7,10-11,13-14,16,18H,5-6,8-9H2,1-2H3. The highest BCUT2D eigenvalue weighted by Crippen LogP contribution is 2.53. The monoisotopic (exact) mass is 313 g/mol. The first kappa shape index (κ1) is 14.4. The Balaban J connectivity index is 1.75. The first-order chi connectivity index (χ1) is 10.6. The fourth-order valence-electron chi connectivity index (χ4n) is 4.72. The molecule has 0 radical (unpaired) electrons. The van der Waals surface area contributed by atoms with Crippen LogP contribution in [0.1, 0.15) is 51.0 Å². The zero-order valence-corrected chi connectivity index (χ0v) is 14.1. The van der Waals surface area contributed by atoms with Gasteiger partial charge in [-0.05, 0) is 73.3 Å². The minimum Gasteiger partial charge on any atom is -0.300 e. The Morgan fingerprint density at radius 2 is 2.09 bits per heavy atom. The number of rotatable bonds is 3. The average Bonchev–Trinajstić information content (AvgIpc) is 3.25. The van der Waals surface area contributed by atoms with Crippen molar-refractivity contribution < 1.29 is 4.79 Å². The summed E-state index contributed by atoms with van der Waals surface area (Å²) >= 11 is 1.73. The number of fused-ring (bicyclic) bond motifs is 1. The minimum absolute atomic E-state index is 0.188. The number of hydrogen-bond acceptors (Lipinski definition) is 3. The quantitative estimate of drug-likeness (QED) is 0.794. The third-order valence-electron chi connectivity index (χ3n) is 5.82. The Bertz CT molecular complexity index is 702. The smallest absolute Gasteiger partial charge is 0.133 e. The van der Waals surface area contributed by atoms with Gasteiger partial charge in [-0.3, -0.25) is 4.79 Å². The lowest BCUT2D eigenvalue weighted by molar-refractivity contribution is -0.124. The van der Waals surface area contributed by atoms with E-state index in [9.17, 15) is 4.79 Å². The van der Waals surface area contributed by atoms with Crippen molar-refractivity contribution in [2.75, 3.05) is 0 Å². The molecule has 3 heteroatoms. The molecule has 0 amide bonds. The first-order valence-corrected chi connectivity index (χ1v) is 9.35. The van der Waals surface area contributed by atoms with Crippen LogP contribution in [0.3, 0.4) is 0 Å². The van der Waals surface area contributed by atoms with Gasteiger partial charge in [0.25, 0.3) is 0 Å². The molecule has 116 valence electrons. The molecule has 0 aromatic carbocycles. The number of carbonyl (C=O) groups excluding carboxylic acids is 1. The van der Waals surface area contributed by atoms with Crippen LogP contribution in [0.2, 0.25) is 0 Å². The van der Waals surface area contributed by atoms with Gasteiger partial charge >= 0.3 is 0 Å². The lowest BCUT2D eigenvalue weighted by Gasteiger charge is -2.40. The fraction of sp³-hybridized carbons (Fsp3) is 0.579. The molecule has 0 N–H and O–H groups in total. The van der Waals surface area contributed by atoms with Crippen molar-refractivity contribution in [3.8, 4) is 0 Å². The Labute approximate surface area is 136 Å². The van der Waals surface area contributed by atoms with E-state index in [2.05, 4.69) is 23.4 Å². The van der Waals surface area contributed by atoms with Crippen molar-refractivity contribution in [2.45, 2.75) is 45.4 Å². The van der Waals surface area contributed by atoms with E-state index in [1.807, 2.05) is 12.3 Å². The Morgan fingerprint density at radius 1 is 1.27 bits per heavy atom. The molecule has 4 atom stereocenters. The van der Waals surface area contributed by atoms with Gasteiger partial charge in [-0.2, -0.15) is 0 Å². The molecule has 2 fully saturated rings. The molecular formula is C19H23NOS. The average molecular weight is 313 g/mol. The summed E-state index contributed by atoms with van der Waals surface area (Å²) < 4.78 is 0. The molecule has 2 aromatic rings. The van der Waals surface area contributed by atoms with Crippen LogP contribution >= 0.6 is 11.3 Å². The van der Waals surface area contributed by atoms with Gasteiger partial charge in [0.05, 0.1) is 0 Å². The third-order valence-corrected chi connectivity index (χ3v) is 6.74. The number of aromatic nitrogens is 1. The number of hydrogen-bond donors (Lipinski definition) is 0. The van der Waals surface area contributed by atoms with E-state index < -0.39 is 0 Å². The van der Waals surface area contributed by atoms with E-state index >= 15 is 0 Å². The van der Waals surface area contributed by atoms with Gasteiger partial charge in [0.1, 0.15) is 10.6 Å². The maximum Gasteiger partial charge on any atom is 0.133 e. The molecule has 0 spiro atoms. The van der Waals surface area contributed by atoms with Gasteiger partial charge < -0.3 is 0 Å². The summed E-state index contributed by atoms with van der Waals surface area (Å²) in [5.41, 5.74) is 1.38. The summed E-state index contributed by atoms with van der Waals surface area (Å²) in [5.74, 6) is 3.21. The third kappa shape index (κ3) is 2.40. The van der Waals surface area contributed by atoms with Crippen LogP contribution in [0.5, 0.6) is 0 Å². The molecule has 2 aliphatic rings. The van der Waals surface area contributed by atoms with Gasteiger partial charge in [-0.15, -0.1) is 11.3 Å². The fourth-order valence-corrected chi connectivity index (χ4v) is 5.70. The number of pyridine rings is 1. The normalized spacial score (nSPS) is 32.3. The second-order valence-electron chi connectivity index (χ2n) is 7.34. The van der Waals surface area contributed by atoms with E-state index in [-0.39, 0.29) is 5.92 Å². The van der Waals surface area contributed by atoms with Gasteiger partial charge in [-0.25, -0.2) is 4.98 Å². The topological polar surface area (TPSA) is 30.0 Å². The van der Waals surface area contributed by atoms with Crippen molar-refractivity contribution in [1.29, 1.82) is 0 Å². The van der Waals surface area contributed by atoms with E-state index in [0.717, 1.165) is 16.7 Å². The molecular weight excluding hydrogens is 290 g/mol. The molecule has 4 rings (SSSR count). The van der Waals surface area contributed by atoms with Crippen LogP contribution in [-0.2, 0) is 4.79 Å². The SMILES string of the molecule is CC(=O)C1C(C)CC(C2CC2)CC1c1csc2ncccc12. The minimum atomic E-state index is 0.188. The number of carbonyl (C=O) groups is 1. The predicted molar refractivity (Wildman–Crippen MR) is 91.1 cm³/mol. The van der Waals surface area contributed by atoms with Gasteiger partial charge in [-0.1, -0.05) is 13.0 Å². The van der Waals surface area contributed by atoms with Crippen LogP contribution in [-0.4, -0.2) is 10.8 Å². The Hall–Kier alpha value is -1.22. The molecule has 2 aromatic heterocycles. The van der Waals surface area contributed by atoms with Crippen molar-refractivity contribution in [1.82, 2.24) is 4.98 Å². The highest BCUT2D eigenvalue weighted by molar-refractivity contribution is 7.16. The lowest BCUT2D eigenvalue weighted by atomic mass is 9.64. The molecule has 4 unspecified atom stereocenters. The summed E-state index contributed by atoms with van der Waals surface area (Å²) in [7, 11) is 0. The maximum atomic E-state index is 12.3. The Kier molecular flexibility index (Phi) is 3.56. The largest absolute Gasteiger partial charge is 0.300 e. The van der Waals surface area contributed by atoms with Crippen molar-refractivity contribution >= 4 is 27.3 Å².